The van der Waals surface area contributed by atoms with Gasteiger partial charge in [-0.2, -0.15) is 0 Å². The summed E-state index contributed by atoms with van der Waals surface area (Å²) in [6.45, 7) is 4.58. The fourth-order valence-corrected chi connectivity index (χ4v) is 2.51. The number of carbonyl (C=O) groups excluding carboxylic acids is 1. The molecule has 0 spiro atoms. The van der Waals surface area contributed by atoms with Crippen molar-refractivity contribution in [1.29, 1.82) is 0 Å². The number of hydrogen-bond donors (Lipinski definition) is 0. The predicted molar refractivity (Wildman–Crippen MR) is 91.0 cm³/mol. The van der Waals surface area contributed by atoms with Crippen LogP contribution in [0, 0.1) is 0 Å². The maximum absolute atomic E-state index is 12.9. The Morgan fingerprint density at radius 2 is 1.70 bits per heavy atom. The number of carbonyl (C=O) groups is 1. The molecule has 1 aromatic heterocycles. The van der Waals surface area contributed by atoms with Crippen LogP contribution in [0.3, 0.4) is 0 Å². The first-order chi connectivity index (χ1) is 11.1. The van der Waals surface area contributed by atoms with Gasteiger partial charge in [-0.05, 0) is 31.5 Å². The summed E-state index contributed by atoms with van der Waals surface area (Å²) in [5, 5.41) is 9.19. The van der Waals surface area contributed by atoms with Crippen LogP contribution < -0.4 is 0 Å². The van der Waals surface area contributed by atoms with E-state index in [1.807, 2.05) is 79.4 Å². The van der Waals surface area contributed by atoms with Crippen molar-refractivity contribution in [1.82, 2.24) is 15.1 Å². The van der Waals surface area contributed by atoms with Crippen LogP contribution >= 0.6 is 0 Å². The van der Waals surface area contributed by atoms with Gasteiger partial charge in [0.2, 0.25) is 0 Å². The Morgan fingerprint density at radius 3 is 2.43 bits per heavy atom. The molecule has 23 heavy (non-hydrogen) atoms. The highest BCUT2D eigenvalue weighted by atomic mass is 16.2. The van der Waals surface area contributed by atoms with Crippen molar-refractivity contribution in [3.05, 3.63) is 71.9 Å². The number of fused-ring (bicyclic) bond motifs is 1. The van der Waals surface area contributed by atoms with E-state index in [1.165, 1.54) is 0 Å². The summed E-state index contributed by atoms with van der Waals surface area (Å²) in [7, 11) is 0. The summed E-state index contributed by atoms with van der Waals surface area (Å²) >= 11 is 0. The second-order valence-corrected chi connectivity index (χ2v) is 5.80. The highest BCUT2D eigenvalue weighted by Gasteiger charge is 2.21. The molecule has 0 radical (unpaired) electrons. The lowest BCUT2D eigenvalue weighted by Gasteiger charge is -2.26. The average Bonchev–Trinajstić information content (AvgIpc) is 2.59. The normalized spacial score (nSPS) is 10.9. The molecule has 4 heteroatoms. The Balaban J connectivity index is 1.90. The molecule has 4 nitrogen and oxygen atoms in total. The fourth-order valence-electron chi connectivity index (χ4n) is 2.51. The van der Waals surface area contributed by atoms with Gasteiger partial charge in [-0.3, -0.25) is 4.79 Å². The number of benzene rings is 2. The van der Waals surface area contributed by atoms with E-state index in [0.29, 0.717) is 12.2 Å². The van der Waals surface area contributed by atoms with E-state index in [0.717, 1.165) is 16.5 Å². The van der Waals surface area contributed by atoms with Crippen molar-refractivity contribution in [2.24, 2.45) is 0 Å². The van der Waals surface area contributed by atoms with Gasteiger partial charge in [0, 0.05) is 18.0 Å². The number of rotatable bonds is 4. The van der Waals surface area contributed by atoms with Crippen molar-refractivity contribution in [2.45, 2.75) is 26.4 Å². The molecule has 0 saturated heterocycles. The van der Waals surface area contributed by atoms with Crippen molar-refractivity contribution >= 4 is 16.8 Å². The van der Waals surface area contributed by atoms with Gasteiger partial charge in [0.25, 0.3) is 5.91 Å². The molecule has 1 heterocycles. The molecule has 3 rings (SSSR count). The maximum Gasteiger partial charge on any atom is 0.274 e. The van der Waals surface area contributed by atoms with Crippen molar-refractivity contribution in [3.8, 4) is 0 Å². The maximum atomic E-state index is 12.9. The first-order valence-corrected chi connectivity index (χ1v) is 7.72. The molecule has 2 aromatic carbocycles. The van der Waals surface area contributed by atoms with Gasteiger partial charge in [0.05, 0.1) is 5.52 Å². The predicted octanol–water partition coefficient (Wildman–Crippen LogP) is 3.68. The van der Waals surface area contributed by atoms with Crippen LogP contribution in [0.25, 0.3) is 10.9 Å². The summed E-state index contributed by atoms with van der Waals surface area (Å²) in [5.41, 5.74) is 2.28. The van der Waals surface area contributed by atoms with Gasteiger partial charge in [-0.25, -0.2) is 0 Å². The minimum atomic E-state index is -0.0953. The largest absolute Gasteiger partial charge is 0.331 e. The number of nitrogens with zero attached hydrogens (tertiary/aromatic N) is 3. The first-order valence-electron chi connectivity index (χ1n) is 7.72. The Hall–Kier alpha value is -2.75. The van der Waals surface area contributed by atoms with Crippen LogP contribution in [0.15, 0.2) is 60.7 Å². The molecule has 116 valence electrons. The Labute approximate surface area is 135 Å². The van der Waals surface area contributed by atoms with Crippen molar-refractivity contribution in [3.63, 3.8) is 0 Å². The van der Waals surface area contributed by atoms with Gasteiger partial charge < -0.3 is 4.90 Å². The van der Waals surface area contributed by atoms with Crippen LogP contribution in [0.5, 0.6) is 0 Å². The molecule has 0 aliphatic heterocycles. The molecule has 0 aliphatic rings. The van der Waals surface area contributed by atoms with Crippen LogP contribution in [0.1, 0.15) is 29.9 Å². The third-order valence-corrected chi connectivity index (χ3v) is 3.79. The van der Waals surface area contributed by atoms with Gasteiger partial charge in [-0.15, -0.1) is 10.2 Å². The van der Waals surface area contributed by atoms with E-state index < -0.39 is 0 Å². The zero-order valence-electron chi connectivity index (χ0n) is 13.3. The molecule has 0 fully saturated rings. The third kappa shape index (κ3) is 3.37. The Kier molecular flexibility index (Phi) is 4.33. The zero-order valence-corrected chi connectivity index (χ0v) is 13.3. The van der Waals surface area contributed by atoms with Crippen molar-refractivity contribution in [2.75, 3.05) is 0 Å². The highest BCUT2D eigenvalue weighted by Crippen LogP contribution is 2.15. The third-order valence-electron chi connectivity index (χ3n) is 3.79. The lowest BCUT2D eigenvalue weighted by atomic mass is 10.1. The van der Waals surface area contributed by atoms with E-state index in [1.54, 1.807) is 0 Å². The van der Waals surface area contributed by atoms with Gasteiger partial charge in [0.1, 0.15) is 0 Å². The van der Waals surface area contributed by atoms with E-state index in [2.05, 4.69) is 10.2 Å². The monoisotopic (exact) mass is 305 g/mol. The quantitative estimate of drug-likeness (QED) is 0.738. The van der Waals surface area contributed by atoms with Crippen molar-refractivity contribution < 1.29 is 4.79 Å². The number of hydrogen-bond acceptors (Lipinski definition) is 3. The first kappa shape index (κ1) is 15.2. The van der Waals surface area contributed by atoms with Gasteiger partial charge >= 0.3 is 0 Å². The molecule has 0 saturated carbocycles. The SMILES string of the molecule is CC(C)N(Cc1ccccc1)C(=O)c1cc2ccccc2nn1. The molecule has 3 aromatic rings. The summed E-state index contributed by atoms with van der Waals surface area (Å²) in [5.74, 6) is -0.0953. The van der Waals surface area contributed by atoms with E-state index in [9.17, 15) is 4.79 Å². The number of amides is 1. The fraction of sp³-hybridized carbons (Fsp3) is 0.211. The summed E-state index contributed by atoms with van der Waals surface area (Å²) in [6.07, 6.45) is 0. The van der Waals surface area contributed by atoms with E-state index in [4.69, 9.17) is 0 Å². The summed E-state index contributed by atoms with van der Waals surface area (Å²) in [4.78, 5) is 14.7. The zero-order chi connectivity index (χ0) is 16.2. The average molecular weight is 305 g/mol. The minimum Gasteiger partial charge on any atom is -0.331 e. The second kappa shape index (κ2) is 6.57. The van der Waals surface area contributed by atoms with Crippen LogP contribution in [-0.4, -0.2) is 27.0 Å². The lowest BCUT2D eigenvalue weighted by molar-refractivity contribution is 0.0683. The van der Waals surface area contributed by atoms with Gasteiger partial charge in [-0.1, -0.05) is 48.5 Å². The van der Waals surface area contributed by atoms with Crippen LogP contribution in [0.2, 0.25) is 0 Å². The van der Waals surface area contributed by atoms with Crippen LogP contribution in [-0.2, 0) is 6.54 Å². The van der Waals surface area contributed by atoms with Gasteiger partial charge in [0.15, 0.2) is 5.69 Å². The van der Waals surface area contributed by atoms with Crippen LogP contribution in [0.4, 0.5) is 0 Å². The molecular weight excluding hydrogens is 286 g/mol. The molecule has 0 bridgehead atoms. The molecular formula is C19H19N3O. The molecule has 0 N–H and O–H groups in total. The molecule has 0 unspecified atom stereocenters. The van der Waals surface area contributed by atoms with E-state index >= 15 is 0 Å². The lowest BCUT2D eigenvalue weighted by Crippen LogP contribution is -2.37. The summed E-state index contributed by atoms with van der Waals surface area (Å²) in [6, 6.07) is 19.5. The smallest absolute Gasteiger partial charge is 0.274 e. The Morgan fingerprint density at radius 1 is 1.00 bits per heavy atom. The summed E-state index contributed by atoms with van der Waals surface area (Å²) < 4.78 is 0. The highest BCUT2D eigenvalue weighted by molar-refractivity contribution is 5.95. The second-order valence-electron chi connectivity index (χ2n) is 5.80. The Bertz CT molecular complexity index is 815. The topological polar surface area (TPSA) is 46.1 Å². The number of aromatic nitrogens is 2. The van der Waals surface area contributed by atoms with E-state index in [-0.39, 0.29) is 11.9 Å². The molecule has 0 aliphatic carbocycles. The molecule has 1 amide bonds. The molecule has 0 atom stereocenters. The standard InChI is InChI=1S/C19H19N3O/c1-14(2)22(13-15-8-4-3-5-9-15)19(23)18-12-16-10-6-7-11-17(16)20-21-18/h3-12,14H,13H2,1-2H3. The minimum absolute atomic E-state index is 0.0796.